The van der Waals surface area contributed by atoms with E-state index >= 15 is 0 Å². The lowest BCUT2D eigenvalue weighted by Gasteiger charge is -2.13. The molecule has 98 valence electrons. The van der Waals surface area contributed by atoms with Gasteiger partial charge in [0.15, 0.2) is 11.5 Å². The average molecular weight is 259 g/mol. The Morgan fingerprint density at radius 2 is 2.05 bits per heavy atom. The van der Waals surface area contributed by atoms with Crippen molar-refractivity contribution in [3.63, 3.8) is 0 Å². The van der Waals surface area contributed by atoms with Crippen LogP contribution < -0.4 is 9.47 Å². The van der Waals surface area contributed by atoms with E-state index in [1.54, 1.807) is 24.5 Å². The highest BCUT2D eigenvalue weighted by Crippen LogP contribution is 2.38. The van der Waals surface area contributed by atoms with Crippen molar-refractivity contribution in [2.75, 3.05) is 14.2 Å². The van der Waals surface area contributed by atoms with E-state index in [2.05, 4.69) is 4.98 Å². The largest absolute Gasteiger partial charge is 0.493 e. The van der Waals surface area contributed by atoms with Crippen LogP contribution in [-0.4, -0.2) is 30.3 Å². The highest BCUT2D eigenvalue weighted by Gasteiger charge is 2.16. The summed E-state index contributed by atoms with van der Waals surface area (Å²) in [6.07, 6.45) is 3.29. The molecule has 0 aliphatic rings. The van der Waals surface area contributed by atoms with Gasteiger partial charge in [-0.1, -0.05) is 6.07 Å². The second kappa shape index (κ2) is 5.39. The van der Waals surface area contributed by atoms with E-state index in [0.29, 0.717) is 17.1 Å². The molecule has 1 N–H and O–H groups in total. The highest BCUT2D eigenvalue weighted by molar-refractivity contribution is 5.91. The topological polar surface area (TPSA) is 68.7 Å². The monoisotopic (exact) mass is 259 g/mol. The van der Waals surface area contributed by atoms with E-state index < -0.39 is 5.97 Å². The number of carbonyl (C=O) groups is 1. The lowest BCUT2D eigenvalue weighted by Crippen LogP contribution is -2.01. The molecule has 0 radical (unpaired) electrons. The van der Waals surface area contributed by atoms with Crippen LogP contribution in [0.1, 0.15) is 10.4 Å². The lowest BCUT2D eigenvalue weighted by atomic mass is 10.0. The maximum absolute atomic E-state index is 11.1. The number of nitrogens with zero attached hydrogens (tertiary/aromatic N) is 1. The zero-order valence-electron chi connectivity index (χ0n) is 10.6. The standard InChI is InChI=1S/C14H13NO4/c1-18-12-7-10(14(16)17)6-11(13(12)19-2)9-4-3-5-15-8-9/h3-8H,1-2H3,(H,16,17). The van der Waals surface area contributed by atoms with Crippen molar-refractivity contribution in [2.45, 2.75) is 0 Å². The van der Waals surface area contributed by atoms with Crippen molar-refractivity contribution in [1.82, 2.24) is 4.98 Å². The Morgan fingerprint density at radius 3 is 2.58 bits per heavy atom. The molecule has 19 heavy (non-hydrogen) atoms. The molecule has 0 fully saturated rings. The van der Waals surface area contributed by atoms with Gasteiger partial charge in [0, 0.05) is 23.5 Å². The van der Waals surface area contributed by atoms with Gasteiger partial charge in [0.2, 0.25) is 0 Å². The number of pyridine rings is 1. The summed E-state index contributed by atoms with van der Waals surface area (Å²) >= 11 is 0. The van der Waals surface area contributed by atoms with Gasteiger partial charge in [-0.05, 0) is 18.2 Å². The first kappa shape index (κ1) is 12.9. The van der Waals surface area contributed by atoms with Gasteiger partial charge in [-0.25, -0.2) is 4.79 Å². The van der Waals surface area contributed by atoms with Gasteiger partial charge >= 0.3 is 5.97 Å². The van der Waals surface area contributed by atoms with E-state index in [9.17, 15) is 4.79 Å². The number of hydrogen-bond acceptors (Lipinski definition) is 4. The second-order valence-corrected chi connectivity index (χ2v) is 3.81. The zero-order valence-corrected chi connectivity index (χ0v) is 10.6. The van der Waals surface area contributed by atoms with Gasteiger partial charge in [0.25, 0.3) is 0 Å². The third-order valence-corrected chi connectivity index (χ3v) is 2.70. The van der Waals surface area contributed by atoms with Crippen molar-refractivity contribution >= 4 is 5.97 Å². The second-order valence-electron chi connectivity index (χ2n) is 3.81. The van der Waals surface area contributed by atoms with Crippen LogP contribution in [0.3, 0.4) is 0 Å². The number of rotatable bonds is 4. The quantitative estimate of drug-likeness (QED) is 0.913. The third-order valence-electron chi connectivity index (χ3n) is 2.70. The molecule has 1 aromatic carbocycles. The van der Waals surface area contributed by atoms with Crippen LogP contribution in [0, 0.1) is 0 Å². The minimum absolute atomic E-state index is 0.136. The molecule has 0 amide bonds. The van der Waals surface area contributed by atoms with E-state index in [1.165, 1.54) is 20.3 Å². The lowest BCUT2D eigenvalue weighted by molar-refractivity contribution is 0.0696. The Bertz CT molecular complexity index is 596. The first-order chi connectivity index (χ1) is 9.17. The number of aromatic nitrogens is 1. The number of aromatic carboxylic acids is 1. The number of carboxylic acid groups (broad SMARTS) is 1. The Morgan fingerprint density at radius 1 is 1.26 bits per heavy atom. The predicted octanol–water partition coefficient (Wildman–Crippen LogP) is 2.46. The van der Waals surface area contributed by atoms with Gasteiger partial charge in [-0.15, -0.1) is 0 Å². The molecule has 0 aliphatic carbocycles. The summed E-state index contributed by atoms with van der Waals surface area (Å²) in [6.45, 7) is 0. The van der Waals surface area contributed by atoms with Gasteiger partial charge in [0.05, 0.1) is 19.8 Å². The SMILES string of the molecule is COc1cc(C(=O)O)cc(-c2cccnc2)c1OC. The molecule has 1 aromatic heterocycles. The maximum Gasteiger partial charge on any atom is 0.335 e. The van der Waals surface area contributed by atoms with Gasteiger partial charge < -0.3 is 14.6 Å². The van der Waals surface area contributed by atoms with Crippen molar-refractivity contribution in [1.29, 1.82) is 0 Å². The maximum atomic E-state index is 11.1. The van der Waals surface area contributed by atoms with E-state index in [0.717, 1.165) is 5.56 Å². The van der Waals surface area contributed by atoms with Crippen molar-refractivity contribution < 1.29 is 19.4 Å². The Balaban J connectivity index is 2.70. The molecule has 1 heterocycles. The molecule has 0 saturated carbocycles. The third kappa shape index (κ3) is 2.49. The molecule has 0 unspecified atom stereocenters. The number of hydrogen-bond donors (Lipinski definition) is 1. The minimum Gasteiger partial charge on any atom is -0.493 e. The number of benzene rings is 1. The van der Waals surface area contributed by atoms with Crippen LogP contribution in [-0.2, 0) is 0 Å². The molecule has 0 bridgehead atoms. The molecule has 5 nitrogen and oxygen atoms in total. The minimum atomic E-state index is -1.02. The summed E-state index contributed by atoms with van der Waals surface area (Å²) in [4.78, 5) is 15.2. The van der Waals surface area contributed by atoms with Crippen molar-refractivity contribution in [3.8, 4) is 22.6 Å². The molecule has 0 atom stereocenters. The van der Waals surface area contributed by atoms with Crippen LogP contribution in [0.4, 0.5) is 0 Å². The summed E-state index contributed by atoms with van der Waals surface area (Å²) in [5, 5.41) is 9.13. The Labute approximate surface area is 110 Å². The first-order valence-corrected chi connectivity index (χ1v) is 5.57. The number of methoxy groups -OCH3 is 2. The molecule has 2 rings (SSSR count). The summed E-state index contributed by atoms with van der Waals surface area (Å²) in [7, 11) is 2.98. The molecular weight excluding hydrogens is 246 g/mol. The van der Waals surface area contributed by atoms with Crippen LogP contribution in [0.5, 0.6) is 11.5 Å². The fourth-order valence-electron chi connectivity index (χ4n) is 1.82. The molecule has 5 heteroatoms. The smallest absolute Gasteiger partial charge is 0.335 e. The van der Waals surface area contributed by atoms with Crippen LogP contribution >= 0.6 is 0 Å². The summed E-state index contributed by atoms with van der Waals surface area (Å²) in [5.74, 6) is -0.159. The molecule has 2 aromatic rings. The van der Waals surface area contributed by atoms with Gasteiger partial charge in [0.1, 0.15) is 0 Å². The molecule has 0 aliphatic heterocycles. The van der Waals surface area contributed by atoms with Crippen molar-refractivity contribution in [2.24, 2.45) is 0 Å². The predicted molar refractivity (Wildman–Crippen MR) is 69.7 cm³/mol. The molecule has 0 spiro atoms. The first-order valence-electron chi connectivity index (χ1n) is 5.57. The van der Waals surface area contributed by atoms with Crippen LogP contribution in [0.15, 0.2) is 36.7 Å². The zero-order chi connectivity index (χ0) is 13.8. The number of ether oxygens (including phenoxy) is 2. The van der Waals surface area contributed by atoms with Crippen molar-refractivity contribution in [3.05, 3.63) is 42.2 Å². The summed E-state index contributed by atoms with van der Waals surface area (Å²) < 4.78 is 10.5. The average Bonchev–Trinajstić information content (AvgIpc) is 2.46. The fourth-order valence-corrected chi connectivity index (χ4v) is 1.82. The Kier molecular flexibility index (Phi) is 3.66. The normalized spacial score (nSPS) is 10.0. The van der Waals surface area contributed by atoms with Crippen LogP contribution in [0.2, 0.25) is 0 Å². The van der Waals surface area contributed by atoms with E-state index in [4.69, 9.17) is 14.6 Å². The van der Waals surface area contributed by atoms with E-state index in [-0.39, 0.29) is 5.56 Å². The van der Waals surface area contributed by atoms with Gasteiger partial charge in [-0.2, -0.15) is 0 Å². The van der Waals surface area contributed by atoms with Crippen LogP contribution in [0.25, 0.3) is 11.1 Å². The summed E-state index contributed by atoms with van der Waals surface area (Å²) in [5.41, 5.74) is 1.53. The molecule has 0 saturated heterocycles. The fraction of sp³-hybridized carbons (Fsp3) is 0.143. The van der Waals surface area contributed by atoms with Gasteiger partial charge in [-0.3, -0.25) is 4.98 Å². The molecular formula is C14H13NO4. The summed E-state index contributed by atoms with van der Waals surface area (Å²) in [6, 6.07) is 6.58. The highest BCUT2D eigenvalue weighted by atomic mass is 16.5. The van der Waals surface area contributed by atoms with E-state index in [1.807, 2.05) is 6.07 Å². The Hall–Kier alpha value is -2.56. The number of carboxylic acids is 1.